The average molecular weight is 322 g/mol. The molecule has 4 heterocycles. The molecular formula is C16H18N8. The second-order valence-electron chi connectivity index (χ2n) is 5.68. The van der Waals surface area contributed by atoms with Crippen LogP contribution in [0.4, 0.5) is 5.82 Å². The van der Waals surface area contributed by atoms with Crippen molar-refractivity contribution in [3.8, 4) is 22.6 Å². The molecule has 0 spiro atoms. The maximum Gasteiger partial charge on any atom is 0.148 e. The lowest BCUT2D eigenvalue weighted by Gasteiger charge is -2.16. The van der Waals surface area contributed by atoms with Crippen LogP contribution in [0.25, 0.3) is 22.6 Å². The third-order valence-corrected chi connectivity index (χ3v) is 4.20. The molecule has 122 valence electrons. The van der Waals surface area contributed by atoms with Gasteiger partial charge >= 0.3 is 0 Å². The monoisotopic (exact) mass is 322 g/mol. The molecule has 0 bridgehead atoms. The standard InChI is InChI=1S/C16H18N8/c1-17-16-14(10-2-4-18-6-10)23-13(11-7-21-22-8-11)15(24-16)12-3-5-19-9-20-12/h3,5,7-10,18H,2,4,6H2,1H3,(H,17,24)(H,21,22). The molecule has 0 amide bonds. The molecule has 8 heteroatoms. The molecule has 1 fully saturated rings. The van der Waals surface area contributed by atoms with Crippen LogP contribution in [0.5, 0.6) is 0 Å². The van der Waals surface area contributed by atoms with Gasteiger partial charge in [-0.2, -0.15) is 5.10 Å². The van der Waals surface area contributed by atoms with E-state index >= 15 is 0 Å². The molecule has 1 atom stereocenters. The summed E-state index contributed by atoms with van der Waals surface area (Å²) >= 11 is 0. The zero-order valence-electron chi connectivity index (χ0n) is 13.3. The molecule has 0 aromatic carbocycles. The third kappa shape index (κ3) is 2.61. The summed E-state index contributed by atoms with van der Waals surface area (Å²) in [6, 6.07) is 1.84. The van der Waals surface area contributed by atoms with Gasteiger partial charge in [0.05, 0.1) is 17.6 Å². The van der Waals surface area contributed by atoms with Gasteiger partial charge in [0.15, 0.2) is 0 Å². The molecule has 3 N–H and O–H groups in total. The van der Waals surface area contributed by atoms with Gasteiger partial charge in [0, 0.05) is 37.5 Å². The molecule has 0 saturated carbocycles. The smallest absolute Gasteiger partial charge is 0.148 e. The SMILES string of the molecule is CNc1nc(-c2ccncn2)c(-c2cn[nH]c2)nc1C1CCNC1. The van der Waals surface area contributed by atoms with E-state index in [1.807, 2.05) is 19.3 Å². The van der Waals surface area contributed by atoms with Gasteiger partial charge in [-0.05, 0) is 19.0 Å². The van der Waals surface area contributed by atoms with Crippen molar-refractivity contribution in [2.24, 2.45) is 0 Å². The van der Waals surface area contributed by atoms with E-state index in [-0.39, 0.29) is 0 Å². The van der Waals surface area contributed by atoms with E-state index in [0.717, 1.165) is 53.7 Å². The van der Waals surface area contributed by atoms with Crippen molar-refractivity contribution in [3.05, 3.63) is 36.7 Å². The van der Waals surface area contributed by atoms with Crippen molar-refractivity contribution >= 4 is 5.82 Å². The highest BCUT2D eigenvalue weighted by Crippen LogP contribution is 2.33. The van der Waals surface area contributed by atoms with Crippen molar-refractivity contribution in [1.82, 2.24) is 35.5 Å². The molecule has 0 radical (unpaired) electrons. The molecule has 8 nitrogen and oxygen atoms in total. The Morgan fingerprint density at radius 3 is 2.88 bits per heavy atom. The summed E-state index contributed by atoms with van der Waals surface area (Å²) in [7, 11) is 1.87. The molecule has 1 aliphatic heterocycles. The fourth-order valence-corrected chi connectivity index (χ4v) is 3.00. The van der Waals surface area contributed by atoms with Gasteiger partial charge in [-0.15, -0.1) is 0 Å². The Bertz CT molecular complexity index is 810. The zero-order valence-corrected chi connectivity index (χ0v) is 13.3. The topological polar surface area (TPSA) is 104 Å². The Kier molecular flexibility index (Phi) is 3.87. The lowest BCUT2D eigenvalue weighted by molar-refractivity contribution is 0.733. The molecule has 1 unspecified atom stereocenters. The lowest BCUT2D eigenvalue weighted by atomic mass is 10.0. The lowest BCUT2D eigenvalue weighted by Crippen LogP contribution is -2.13. The van der Waals surface area contributed by atoms with E-state index in [9.17, 15) is 0 Å². The van der Waals surface area contributed by atoms with E-state index in [1.54, 1.807) is 12.4 Å². The first-order valence-corrected chi connectivity index (χ1v) is 7.92. The minimum absolute atomic E-state index is 0.352. The third-order valence-electron chi connectivity index (χ3n) is 4.20. The second kappa shape index (κ2) is 6.32. The average Bonchev–Trinajstić information content (AvgIpc) is 3.35. The summed E-state index contributed by atoms with van der Waals surface area (Å²) < 4.78 is 0. The number of nitrogens with one attached hydrogen (secondary N) is 3. The van der Waals surface area contributed by atoms with Gasteiger partial charge in [-0.1, -0.05) is 0 Å². The first kappa shape index (κ1) is 14.7. The number of aromatic amines is 1. The van der Waals surface area contributed by atoms with Crippen LogP contribution in [0.1, 0.15) is 18.0 Å². The summed E-state index contributed by atoms with van der Waals surface area (Å²) in [4.78, 5) is 18.1. The van der Waals surface area contributed by atoms with Gasteiger partial charge in [0.1, 0.15) is 23.5 Å². The van der Waals surface area contributed by atoms with Gasteiger partial charge < -0.3 is 10.6 Å². The number of nitrogens with zero attached hydrogens (tertiary/aromatic N) is 5. The van der Waals surface area contributed by atoms with Crippen LogP contribution >= 0.6 is 0 Å². The van der Waals surface area contributed by atoms with Crippen molar-refractivity contribution in [2.75, 3.05) is 25.5 Å². The van der Waals surface area contributed by atoms with Crippen LogP contribution in [0.3, 0.4) is 0 Å². The largest absolute Gasteiger partial charge is 0.372 e. The van der Waals surface area contributed by atoms with Crippen LogP contribution in [0.2, 0.25) is 0 Å². The maximum absolute atomic E-state index is 4.96. The van der Waals surface area contributed by atoms with E-state index in [0.29, 0.717) is 5.92 Å². The highest BCUT2D eigenvalue weighted by atomic mass is 15.1. The van der Waals surface area contributed by atoms with Crippen LogP contribution in [0.15, 0.2) is 31.0 Å². The van der Waals surface area contributed by atoms with Gasteiger partial charge in [0.2, 0.25) is 0 Å². The Morgan fingerprint density at radius 2 is 2.21 bits per heavy atom. The molecule has 1 saturated heterocycles. The first-order chi connectivity index (χ1) is 11.9. The van der Waals surface area contributed by atoms with E-state index < -0.39 is 0 Å². The molecule has 4 rings (SSSR count). The van der Waals surface area contributed by atoms with Crippen LogP contribution in [-0.2, 0) is 0 Å². The van der Waals surface area contributed by atoms with E-state index in [1.165, 1.54) is 6.33 Å². The number of hydrogen-bond donors (Lipinski definition) is 3. The summed E-state index contributed by atoms with van der Waals surface area (Å²) in [5.41, 5.74) is 4.12. The molecule has 0 aliphatic carbocycles. The summed E-state index contributed by atoms with van der Waals surface area (Å²) in [5, 5.41) is 13.5. The summed E-state index contributed by atoms with van der Waals surface area (Å²) in [5.74, 6) is 1.15. The van der Waals surface area contributed by atoms with Crippen LogP contribution in [0, 0.1) is 0 Å². The predicted octanol–water partition coefficient (Wildman–Crippen LogP) is 1.44. The minimum Gasteiger partial charge on any atom is -0.372 e. The molecule has 24 heavy (non-hydrogen) atoms. The van der Waals surface area contributed by atoms with Gasteiger partial charge in [0.25, 0.3) is 0 Å². The quantitative estimate of drug-likeness (QED) is 0.667. The predicted molar refractivity (Wildman–Crippen MR) is 90.4 cm³/mol. The molecule has 1 aliphatic rings. The molecule has 3 aromatic rings. The van der Waals surface area contributed by atoms with Crippen molar-refractivity contribution in [1.29, 1.82) is 0 Å². The Labute approximate surface area is 139 Å². The fraction of sp³-hybridized carbons (Fsp3) is 0.312. The van der Waals surface area contributed by atoms with Gasteiger partial charge in [-0.3, -0.25) is 5.10 Å². The normalized spacial score (nSPS) is 17.1. The Morgan fingerprint density at radius 1 is 1.25 bits per heavy atom. The number of rotatable bonds is 4. The minimum atomic E-state index is 0.352. The van der Waals surface area contributed by atoms with Crippen molar-refractivity contribution in [3.63, 3.8) is 0 Å². The zero-order chi connectivity index (χ0) is 16.4. The number of hydrogen-bond acceptors (Lipinski definition) is 7. The maximum atomic E-state index is 4.96. The Balaban J connectivity index is 1.92. The van der Waals surface area contributed by atoms with Gasteiger partial charge in [-0.25, -0.2) is 19.9 Å². The van der Waals surface area contributed by atoms with Crippen LogP contribution in [-0.4, -0.2) is 50.3 Å². The highest BCUT2D eigenvalue weighted by molar-refractivity contribution is 5.77. The van der Waals surface area contributed by atoms with Crippen LogP contribution < -0.4 is 10.6 Å². The number of aromatic nitrogens is 6. The van der Waals surface area contributed by atoms with Crippen molar-refractivity contribution < 1.29 is 0 Å². The Hall–Kier alpha value is -2.87. The number of H-pyrrole nitrogens is 1. The van der Waals surface area contributed by atoms with E-state index in [4.69, 9.17) is 9.97 Å². The molecular weight excluding hydrogens is 304 g/mol. The molecule has 3 aromatic heterocycles. The summed E-state index contributed by atoms with van der Waals surface area (Å²) in [6.45, 7) is 1.92. The van der Waals surface area contributed by atoms with Crippen molar-refractivity contribution in [2.45, 2.75) is 12.3 Å². The summed E-state index contributed by atoms with van der Waals surface area (Å²) in [6.07, 6.45) is 7.86. The first-order valence-electron chi connectivity index (χ1n) is 7.92. The second-order valence-corrected chi connectivity index (χ2v) is 5.68. The fourth-order valence-electron chi connectivity index (χ4n) is 3.00. The number of anilines is 1. The van der Waals surface area contributed by atoms with E-state index in [2.05, 4.69) is 30.8 Å². The highest BCUT2D eigenvalue weighted by Gasteiger charge is 2.25.